The number of methoxy groups -OCH3 is 1. The number of rotatable bonds is 4. The number of ether oxygens (including phenoxy) is 1. The zero-order chi connectivity index (χ0) is 12.3. The van der Waals surface area contributed by atoms with Crippen LogP contribution in [-0.2, 0) is 0 Å². The molecule has 1 N–H and O–H groups in total. The number of hydrogen-bond donors (Lipinski definition) is 1. The van der Waals surface area contributed by atoms with Crippen LogP contribution in [0, 0.1) is 0 Å². The Morgan fingerprint density at radius 1 is 1.59 bits per heavy atom. The minimum absolute atomic E-state index is 0.0930. The van der Waals surface area contributed by atoms with Crippen molar-refractivity contribution in [2.24, 2.45) is 0 Å². The molecule has 1 fully saturated rings. The second-order valence-corrected chi connectivity index (χ2v) is 4.23. The first-order valence-electron chi connectivity index (χ1n) is 5.86. The summed E-state index contributed by atoms with van der Waals surface area (Å²) in [5.74, 6) is 0.817. The van der Waals surface area contributed by atoms with Gasteiger partial charge in [-0.05, 0) is 31.7 Å². The SMILES string of the molecule is CNCC1CCN1C(=O)c1cccc(OC)c1. The van der Waals surface area contributed by atoms with Gasteiger partial charge >= 0.3 is 0 Å². The molecule has 1 amide bonds. The van der Waals surface area contributed by atoms with Gasteiger partial charge in [0.1, 0.15) is 5.75 Å². The first-order valence-corrected chi connectivity index (χ1v) is 5.86. The third-order valence-electron chi connectivity index (χ3n) is 3.16. The highest BCUT2D eigenvalue weighted by Gasteiger charge is 2.31. The van der Waals surface area contributed by atoms with Crippen molar-refractivity contribution in [1.82, 2.24) is 10.2 Å². The van der Waals surface area contributed by atoms with E-state index in [1.165, 1.54) is 0 Å². The van der Waals surface area contributed by atoms with Gasteiger partial charge in [-0.1, -0.05) is 6.07 Å². The van der Waals surface area contributed by atoms with Gasteiger partial charge in [0.05, 0.1) is 7.11 Å². The molecule has 1 atom stereocenters. The van der Waals surface area contributed by atoms with Crippen molar-refractivity contribution >= 4 is 5.91 Å². The van der Waals surface area contributed by atoms with Crippen LogP contribution < -0.4 is 10.1 Å². The summed E-state index contributed by atoms with van der Waals surface area (Å²) in [6, 6.07) is 7.65. The highest BCUT2D eigenvalue weighted by molar-refractivity contribution is 5.95. The molecule has 4 heteroatoms. The van der Waals surface area contributed by atoms with Crippen LogP contribution in [0.25, 0.3) is 0 Å². The third kappa shape index (κ3) is 2.42. The Labute approximate surface area is 102 Å². The number of nitrogens with zero attached hydrogens (tertiary/aromatic N) is 1. The molecule has 2 rings (SSSR count). The molecule has 0 aromatic heterocycles. The lowest BCUT2D eigenvalue weighted by atomic mass is 10.0. The van der Waals surface area contributed by atoms with Crippen LogP contribution in [-0.4, -0.2) is 44.1 Å². The summed E-state index contributed by atoms with van der Waals surface area (Å²) >= 11 is 0. The van der Waals surface area contributed by atoms with Crippen LogP contribution in [0.15, 0.2) is 24.3 Å². The van der Waals surface area contributed by atoms with Gasteiger partial charge in [0.25, 0.3) is 5.91 Å². The Morgan fingerprint density at radius 3 is 3.00 bits per heavy atom. The first-order chi connectivity index (χ1) is 8.26. The van der Waals surface area contributed by atoms with Gasteiger partial charge in [-0.15, -0.1) is 0 Å². The Bertz CT molecular complexity index is 406. The molecule has 1 heterocycles. The first kappa shape index (κ1) is 11.9. The predicted molar refractivity (Wildman–Crippen MR) is 66.4 cm³/mol. The average Bonchev–Trinajstić information content (AvgIpc) is 2.34. The van der Waals surface area contributed by atoms with Gasteiger partial charge in [-0.2, -0.15) is 0 Å². The summed E-state index contributed by atoms with van der Waals surface area (Å²) in [5, 5.41) is 3.11. The summed E-state index contributed by atoms with van der Waals surface area (Å²) in [5.41, 5.74) is 0.699. The third-order valence-corrected chi connectivity index (χ3v) is 3.16. The lowest BCUT2D eigenvalue weighted by Crippen LogP contribution is -2.54. The monoisotopic (exact) mass is 234 g/mol. The van der Waals surface area contributed by atoms with Crippen LogP contribution in [0.5, 0.6) is 5.75 Å². The number of likely N-dealkylation sites (N-methyl/N-ethyl adjacent to an activating group) is 1. The Balaban J connectivity index is 2.08. The van der Waals surface area contributed by atoms with Crippen LogP contribution in [0.1, 0.15) is 16.8 Å². The second-order valence-electron chi connectivity index (χ2n) is 4.23. The molecule has 1 aliphatic heterocycles. The number of carbonyl (C=O) groups excluding carboxylic acids is 1. The van der Waals surface area contributed by atoms with Gasteiger partial charge in [-0.3, -0.25) is 4.79 Å². The topological polar surface area (TPSA) is 41.6 Å². The molecule has 92 valence electrons. The standard InChI is InChI=1S/C13H18N2O2/c1-14-9-11-6-7-15(11)13(16)10-4-3-5-12(8-10)17-2/h3-5,8,11,14H,6-7,9H2,1-2H3. The van der Waals surface area contributed by atoms with Crippen molar-refractivity contribution in [3.05, 3.63) is 29.8 Å². The summed E-state index contributed by atoms with van der Waals surface area (Å²) < 4.78 is 5.13. The van der Waals surface area contributed by atoms with E-state index in [0.717, 1.165) is 25.3 Å². The molecule has 0 bridgehead atoms. The molecule has 0 aliphatic carbocycles. The van der Waals surface area contributed by atoms with Crippen molar-refractivity contribution in [1.29, 1.82) is 0 Å². The molecular weight excluding hydrogens is 216 g/mol. The summed E-state index contributed by atoms with van der Waals surface area (Å²) in [7, 11) is 3.52. The van der Waals surface area contributed by atoms with Crippen LogP contribution in [0.4, 0.5) is 0 Å². The van der Waals surface area contributed by atoms with E-state index in [2.05, 4.69) is 5.32 Å². The van der Waals surface area contributed by atoms with E-state index in [-0.39, 0.29) is 5.91 Å². The molecule has 4 nitrogen and oxygen atoms in total. The van der Waals surface area contributed by atoms with E-state index in [1.807, 2.05) is 30.1 Å². The van der Waals surface area contributed by atoms with E-state index in [9.17, 15) is 4.79 Å². The van der Waals surface area contributed by atoms with Gasteiger partial charge in [0, 0.05) is 24.7 Å². The molecule has 0 radical (unpaired) electrons. The van der Waals surface area contributed by atoms with Gasteiger partial charge in [0.15, 0.2) is 0 Å². The Morgan fingerprint density at radius 2 is 2.41 bits per heavy atom. The normalized spacial score (nSPS) is 18.7. The van der Waals surface area contributed by atoms with Crippen LogP contribution in [0.2, 0.25) is 0 Å². The van der Waals surface area contributed by atoms with E-state index in [1.54, 1.807) is 13.2 Å². The average molecular weight is 234 g/mol. The number of likely N-dealkylation sites (tertiary alicyclic amines) is 1. The summed E-state index contributed by atoms with van der Waals surface area (Å²) in [6.45, 7) is 1.71. The largest absolute Gasteiger partial charge is 0.497 e. The molecule has 1 aliphatic rings. The minimum atomic E-state index is 0.0930. The minimum Gasteiger partial charge on any atom is -0.497 e. The lowest BCUT2D eigenvalue weighted by Gasteiger charge is -2.41. The molecule has 1 aromatic carbocycles. The highest BCUT2D eigenvalue weighted by Crippen LogP contribution is 2.21. The van der Waals surface area contributed by atoms with Crippen molar-refractivity contribution in [2.75, 3.05) is 27.2 Å². The van der Waals surface area contributed by atoms with Crippen molar-refractivity contribution < 1.29 is 9.53 Å². The fraction of sp³-hybridized carbons (Fsp3) is 0.462. The number of amides is 1. The van der Waals surface area contributed by atoms with E-state index in [4.69, 9.17) is 4.74 Å². The van der Waals surface area contributed by atoms with Crippen molar-refractivity contribution in [3.63, 3.8) is 0 Å². The van der Waals surface area contributed by atoms with E-state index in [0.29, 0.717) is 11.6 Å². The molecular formula is C13H18N2O2. The second kappa shape index (κ2) is 5.19. The van der Waals surface area contributed by atoms with Crippen molar-refractivity contribution in [2.45, 2.75) is 12.5 Å². The molecule has 0 saturated carbocycles. The quantitative estimate of drug-likeness (QED) is 0.849. The molecule has 0 spiro atoms. The number of carbonyl (C=O) groups is 1. The van der Waals surface area contributed by atoms with Gasteiger partial charge in [0.2, 0.25) is 0 Å². The summed E-state index contributed by atoms with van der Waals surface area (Å²) in [4.78, 5) is 14.1. The summed E-state index contributed by atoms with van der Waals surface area (Å²) in [6.07, 6.45) is 1.08. The smallest absolute Gasteiger partial charge is 0.254 e. The molecule has 17 heavy (non-hydrogen) atoms. The Hall–Kier alpha value is -1.55. The Kier molecular flexibility index (Phi) is 3.64. The molecule has 1 saturated heterocycles. The van der Waals surface area contributed by atoms with Crippen LogP contribution >= 0.6 is 0 Å². The number of nitrogens with one attached hydrogen (secondary N) is 1. The molecule has 1 unspecified atom stereocenters. The number of benzene rings is 1. The lowest BCUT2D eigenvalue weighted by molar-refractivity contribution is 0.0467. The maximum absolute atomic E-state index is 12.2. The fourth-order valence-corrected chi connectivity index (χ4v) is 2.08. The van der Waals surface area contributed by atoms with E-state index < -0.39 is 0 Å². The van der Waals surface area contributed by atoms with Gasteiger partial charge in [-0.25, -0.2) is 0 Å². The predicted octanol–water partition coefficient (Wildman–Crippen LogP) is 1.13. The molecule has 1 aromatic rings. The zero-order valence-electron chi connectivity index (χ0n) is 10.3. The fourth-order valence-electron chi connectivity index (χ4n) is 2.08. The van der Waals surface area contributed by atoms with Crippen molar-refractivity contribution in [3.8, 4) is 5.75 Å². The zero-order valence-corrected chi connectivity index (χ0v) is 10.3. The van der Waals surface area contributed by atoms with E-state index >= 15 is 0 Å². The van der Waals surface area contributed by atoms with Gasteiger partial charge < -0.3 is 15.0 Å². The van der Waals surface area contributed by atoms with Crippen LogP contribution in [0.3, 0.4) is 0 Å². The number of hydrogen-bond acceptors (Lipinski definition) is 3. The highest BCUT2D eigenvalue weighted by atomic mass is 16.5. The maximum Gasteiger partial charge on any atom is 0.254 e. The maximum atomic E-state index is 12.2.